The van der Waals surface area contributed by atoms with Crippen LogP contribution >= 0.6 is 24.8 Å². The van der Waals surface area contributed by atoms with Gasteiger partial charge in [-0.25, -0.2) is 0 Å². The number of halogens is 2. The van der Waals surface area contributed by atoms with Gasteiger partial charge in [-0.05, 0) is 52.0 Å². The number of hydrogen-bond donors (Lipinski definition) is 1. The lowest BCUT2D eigenvalue weighted by Gasteiger charge is -2.18. The molecule has 1 heterocycles. The lowest BCUT2D eigenvalue weighted by molar-refractivity contribution is 0.303. The quantitative estimate of drug-likeness (QED) is 0.779. The van der Waals surface area contributed by atoms with Crippen LogP contribution in [0.15, 0.2) is 12.1 Å². The Bertz CT molecular complexity index is 321. The average molecular weight is 308 g/mol. The van der Waals surface area contributed by atoms with Gasteiger partial charge in [0.2, 0.25) is 0 Å². The third-order valence-corrected chi connectivity index (χ3v) is 2.96. The maximum Gasteiger partial charge on any atom is 0.0396 e. The van der Waals surface area contributed by atoms with E-state index < -0.39 is 0 Å². The minimum atomic E-state index is 0. The van der Waals surface area contributed by atoms with Crippen LogP contribution in [0.5, 0.6) is 0 Å². The summed E-state index contributed by atoms with van der Waals surface area (Å²) in [4.78, 5) is 6.82. The Kier molecular flexibility index (Phi) is 12.4. The number of anilines is 1. The SMILES string of the molecule is CCN(CC)CCCNc1cc(C)nc(C)c1.Cl.Cl. The first kappa shape index (κ1) is 20.8. The van der Waals surface area contributed by atoms with Crippen LogP contribution < -0.4 is 5.32 Å². The van der Waals surface area contributed by atoms with Crippen molar-refractivity contribution in [2.75, 3.05) is 31.5 Å². The molecule has 0 aromatic carbocycles. The minimum Gasteiger partial charge on any atom is -0.385 e. The summed E-state index contributed by atoms with van der Waals surface area (Å²) in [6.07, 6.45) is 1.18. The van der Waals surface area contributed by atoms with Crippen LogP contribution in [0.4, 0.5) is 5.69 Å². The molecule has 0 atom stereocenters. The van der Waals surface area contributed by atoms with E-state index in [2.05, 4.69) is 41.2 Å². The summed E-state index contributed by atoms with van der Waals surface area (Å²) in [5.74, 6) is 0. The first-order valence-electron chi connectivity index (χ1n) is 6.57. The molecule has 0 aliphatic carbocycles. The second-order valence-corrected chi connectivity index (χ2v) is 4.45. The molecular weight excluding hydrogens is 281 g/mol. The third kappa shape index (κ3) is 8.30. The number of nitrogens with one attached hydrogen (secondary N) is 1. The highest BCUT2D eigenvalue weighted by Crippen LogP contribution is 2.10. The van der Waals surface area contributed by atoms with E-state index in [1.807, 2.05) is 13.8 Å². The Morgan fingerprint density at radius 3 is 2.05 bits per heavy atom. The molecule has 0 unspecified atom stereocenters. The van der Waals surface area contributed by atoms with Crippen LogP contribution in [0.1, 0.15) is 31.7 Å². The number of rotatable bonds is 7. The van der Waals surface area contributed by atoms with Crippen molar-refractivity contribution in [3.05, 3.63) is 23.5 Å². The zero-order chi connectivity index (χ0) is 12.7. The van der Waals surface area contributed by atoms with Gasteiger partial charge < -0.3 is 10.2 Å². The molecule has 1 rings (SSSR count). The van der Waals surface area contributed by atoms with Gasteiger partial charge in [-0.2, -0.15) is 0 Å². The molecule has 0 aliphatic rings. The van der Waals surface area contributed by atoms with E-state index in [-0.39, 0.29) is 24.8 Å². The standard InChI is InChI=1S/C14H25N3.2ClH/c1-5-17(6-2)9-7-8-15-14-10-12(3)16-13(4)11-14;;/h10-11H,5-9H2,1-4H3,(H,15,16);2*1H. The van der Waals surface area contributed by atoms with Crippen molar-refractivity contribution < 1.29 is 0 Å². The summed E-state index contributed by atoms with van der Waals surface area (Å²) in [6, 6.07) is 4.20. The highest BCUT2D eigenvalue weighted by Gasteiger charge is 1.99. The fourth-order valence-corrected chi connectivity index (χ4v) is 2.01. The van der Waals surface area contributed by atoms with Crippen molar-refractivity contribution in [2.45, 2.75) is 34.1 Å². The average Bonchev–Trinajstić information content (AvgIpc) is 2.28. The maximum absolute atomic E-state index is 4.37. The monoisotopic (exact) mass is 307 g/mol. The molecule has 0 bridgehead atoms. The van der Waals surface area contributed by atoms with Gasteiger partial charge in [0.1, 0.15) is 0 Å². The van der Waals surface area contributed by atoms with E-state index in [4.69, 9.17) is 0 Å². The third-order valence-electron chi connectivity index (χ3n) is 2.96. The van der Waals surface area contributed by atoms with Crippen LogP contribution in [0.3, 0.4) is 0 Å². The topological polar surface area (TPSA) is 28.2 Å². The van der Waals surface area contributed by atoms with Crippen LogP contribution in [-0.2, 0) is 0 Å². The van der Waals surface area contributed by atoms with Gasteiger partial charge in [0.05, 0.1) is 0 Å². The molecule has 3 nitrogen and oxygen atoms in total. The maximum atomic E-state index is 4.37. The van der Waals surface area contributed by atoms with E-state index in [0.717, 1.165) is 31.0 Å². The summed E-state index contributed by atoms with van der Waals surface area (Å²) in [5.41, 5.74) is 3.35. The van der Waals surface area contributed by atoms with Crippen molar-refractivity contribution in [3.63, 3.8) is 0 Å². The molecule has 1 aromatic heterocycles. The van der Waals surface area contributed by atoms with Gasteiger partial charge in [-0.3, -0.25) is 4.98 Å². The Labute approximate surface area is 130 Å². The first-order chi connectivity index (χ1) is 8.15. The van der Waals surface area contributed by atoms with Gasteiger partial charge in [-0.1, -0.05) is 13.8 Å². The number of pyridine rings is 1. The van der Waals surface area contributed by atoms with Crippen LogP contribution in [0, 0.1) is 13.8 Å². The Balaban J connectivity index is 0. The highest BCUT2D eigenvalue weighted by molar-refractivity contribution is 5.85. The first-order valence-corrected chi connectivity index (χ1v) is 6.57. The molecule has 0 radical (unpaired) electrons. The van der Waals surface area contributed by atoms with E-state index in [0.29, 0.717) is 0 Å². The minimum absolute atomic E-state index is 0. The van der Waals surface area contributed by atoms with Crippen molar-refractivity contribution in [3.8, 4) is 0 Å². The summed E-state index contributed by atoms with van der Waals surface area (Å²) in [7, 11) is 0. The van der Waals surface area contributed by atoms with Crippen molar-refractivity contribution in [2.24, 2.45) is 0 Å². The molecule has 1 aromatic rings. The molecule has 0 amide bonds. The van der Waals surface area contributed by atoms with Gasteiger partial charge in [0, 0.05) is 23.6 Å². The predicted molar refractivity (Wildman–Crippen MR) is 89.1 cm³/mol. The largest absolute Gasteiger partial charge is 0.385 e. The van der Waals surface area contributed by atoms with Crippen LogP contribution in [-0.4, -0.2) is 36.1 Å². The summed E-state index contributed by atoms with van der Waals surface area (Å²) in [5, 5.41) is 3.46. The van der Waals surface area contributed by atoms with Gasteiger partial charge >= 0.3 is 0 Å². The molecule has 0 fully saturated rings. The fraction of sp³-hybridized carbons (Fsp3) is 0.643. The van der Waals surface area contributed by atoms with Crippen LogP contribution in [0.2, 0.25) is 0 Å². The van der Waals surface area contributed by atoms with E-state index in [9.17, 15) is 0 Å². The molecule has 1 N–H and O–H groups in total. The fourth-order valence-electron chi connectivity index (χ4n) is 2.01. The smallest absolute Gasteiger partial charge is 0.0396 e. The second-order valence-electron chi connectivity index (χ2n) is 4.45. The van der Waals surface area contributed by atoms with Gasteiger partial charge in [0.25, 0.3) is 0 Å². The lowest BCUT2D eigenvalue weighted by atomic mass is 10.2. The number of nitrogens with zero attached hydrogens (tertiary/aromatic N) is 2. The molecular formula is C14H27Cl2N3. The van der Waals surface area contributed by atoms with Gasteiger partial charge in [0.15, 0.2) is 0 Å². The Morgan fingerprint density at radius 2 is 1.58 bits per heavy atom. The number of aryl methyl sites for hydroxylation is 2. The number of aromatic nitrogens is 1. The van der Waals surface area contributed by atoms with Crippen molar-refractivity contribution in [1.29, 1.82) is 0 Å². The molecule has 112 valence electrons. The lowest BCUT2D eigenvalue weighted by Crippen LogP contribution is -2.25. The highest BCUT2D eigenvalue weighted by atomic mass is 35.5. The van der Waals surface area contributed by atoms with Gasteiger partial charge in [-0.15, -0.1) is 24.8 Å². The number of hydrogen-bond acceptors (Lipinski definition) is 3. The van der Waals surface area contributed by atoms with Crippen molar-refractivity contribution >= 4 is 30.5 Å². The molecule has 0 saturated carbocycles. The second kappa shape index (κ2) is 11.3. The Hall–Kier alpha value is -0.510. The molecule has 5 heteroatoms. The summed E-state index contributed by atoms with van der Waals surface area (Å²) >= 11 is 0. The summed E-state index contributed by atoms with van der Waals surface area (Å²) < 4.78 is 0. The normalized spacial score (nSPS) is 9.74. The zero-order valence-corrected chi connectivity index (χ0v) is 14.0. The van der Waals surface area contributed by atoms with Crippen LogP contribution in [0.25, 0.3) is 0 Å². The molecule has 19 heavy (non-hydrogen) atoms. The van der Waals surface area contributed by atoms with E-state index >= 15 is 0 Å². The predicted octanol–water partition coefficient (Wildman–Crippen LogP) is 3.69. The summed E-state index contributed by atoms with van der Waals surface area (Å²) in [6.45, 7) is 13.0. The molecule has 0 saturated heterocycles. The molecule has 0 spiro atoms. The molecule has 0 aliphatic heterocycles. The van der Waals surface area contributed by atoms with Crippen molar-refractivity contribution in [1.82, 2.24) is 9.88 Å². The van der Waals surface area contributed by atoms with E-state index in [1.165, 1.54) is 18.7 Å². The van der Waals surface area contributed by atoms with E-state index in [1.54, 1.807) is 0 Å². The Morgan fingerprint density at radius 1 is 1.05 bits per heavy atom. The zero-order valence-electron chi connectivity index (χ0n) is 12.4.